The molecular formula is C14H16N2O4S. The highest BCUT2D eigenvalue weighted by Crippen LogP contribution is 2.33. The second-order valence-electron chi connectivity index (χ2n) is 5.30. The van der Waals surface area contributed by atoms with Gasteiger partial charge in [0.1, 0.15) is 0 Å². The summed E-state index contributed by atoms with van der Waals surface area (Å²) in [6, 6.07) is 0.851. The predicted molar refractivity (Wildman–Crippen MR) is 75.9 cm³/mol. The second-order valence-corrected chi connectivity index (χ2v) is 6.30. The zero-order chi connectivity index (χ0) is 15.0. The van der Waals surface area contributed by atoms with E-state index in [1.165, 1.54) is 21.1 Å². The van der Waals surface area contributed by atoms with Gasteiger partial charge >= 0.3 is 5.97 Å². The third-order valence-electron chi connectivity index (χ3n) is 4.02. The number of nitrogens with zero attached hydrogens (tertiary/aromatic N) is 2. The fraction of sp³-hybridized carbons (Fsp3) is 0.500. The van der Waals surface area contributed by atoms with E-state index in [1.54, 1.807) is 6.07 Å². The first-order valence-corrected chi connectivity index (χ1v) is 7.82. The van der Waals surface area contributed by atoms with E-state index in [1.807, 2.05) is 5.38 Å². The van der Waals surface area contributed by atoms with Crippen molar-refractivity contribution >= 4 is 29.1 Å². The molecule has 0 spiro atoms. The van der Waals surface area contributed by atoms with Gasteiger partial charge in [-0.3, -0.25) is 9.59 Å². The van der Waals surface area contributed by atoms with Crippen LogP contribution in [0, 0.1) is 0 Å². The van der Waals surface area contributed by atoms with Crippen LogP contribution in [0.1, 0.15) is 29.3 Å². The minimum Gasteiger partial charge on any atom is -0.479 e. The van der Waals surface area contributed by atoms with Gasteiger partial charge in [0.15, 0.2) is 6.04 Å². The molecule has 7 heteroatoms. The molecule has 1 aromatic rings. The monoisotopic (exact) mass is 308 g/mol. The summed E-state index contributed by atoms with van der Waals surface area (Å²) >= 11 is 1.53. The van der Waals surface area contributed by atoms with Crippen LogP contribution in [0.2, 0.25) is 0 Å². The topological polar surface area (TPSA) is 77.9 Å². The summed E-state index contributed by atoms with van der Waals surface area (Å²) in [7, 11) is 0. The highest BCUT2D eigenvalue weighted by Gasteiger charge is 2.37. The van der Waals surface area contributed by atoms with E-state index in [9.17, 15) is 19.5 Å². The van der Waals surface area contributed by atoms with Gasteiger partial charge in [0.25, 0.3) is 0 Å². The quantitative estimate of drug-likeness (QED) is 0.899. The van der Waals surface area contributed by atoms with Crippen molar-refractivity contribution in [2.45, 2.75) is 25.3 Å². The first-order valence-electron chi connectivity index (χ1n) is 6.94. The van der Waals surface area contributed by atoms with Gasteiger partial charge in [-0.2, -0.15) is 0 Å². The molecule has 6 nitrogen and oxygen atoms in total. The lowest BCUT2D eigenvalue weighted by atomic mass is 10.00. The van der Waals surface area contributed by atoms with Crippen LogP contribution in [-0.4, -0.2) is 52.3 Å². The number of hydrogen-bond acceptors (Lipinski definition) is 4. The molecule has 0 aliphatic carbocycles. The van der Waals surface area contributed by atoms with Crippen LogP contribution >= 0.6 is 11.3 Å². The number of aliphatic carboxylic acids is 1. The number of carboxylic acids is 1. The molecular weight excluding hydrogens is 292 g/mol. The smallest absolute Gasteiger partial charge is 0.331 e. The standard InChI is InChI=1S/C14H16N2O4S/c17-11-2-1-5-15(11)8-12(18)16-6-3-10-9(4-7-21-10)13(16)14(19)20/h4,7,13H,1-3,5-6,8H2,(H,19,20). The van der Waals surface area contributed by atoms with Gasteiger partial charge in [-0.25, -0.2) is 4.79 Å². The van der Waals surface area contributed by atoms with Gasteiger partial charge in [-0.05, 0) is 29.9 Å². The molecule has 1 N–H and O–H groups in total. The molecule has 1 fully saturated rings. The summed E-state index contributed by atoms with van der Waals surface area (Å²) in [6.07, 6.45) is 1.92. The molecule has 1 saturated heterocycles. The highest BCUT2D eigenvalue weighted by atomic mass is 32.1. The van der Waals surface area contributed by atoms with Crippen LogP contribution in [-0.2, 0) is 20.8 Å². The molecule has 1 unspecified atom stereocenters. The van der Waals surface area contributed by atoms with Gasteiger partial charge in [0.2, 0.25) is 11.8 Å². The Kier molecular flexibility index (Phi) is 3.67. The number of fused-ring (bicyclic) bond motifs is 1. The molecule has 0 aromatic carbocycles. The first kappa shape index (κ1) is 14.1. The van der Waals surface area contributed by atoms with Crippen molar-refractivity contribution in [1.82, 2.24) is 9.80 Å². The van der Waals surface area contributed by atoms with E-state index < -0.39 is 12.0 Å². The number of likely N-dealkylation sites (tertiary alicyclic amines) is 1. The largest absolute Gasteiger partial charge is 0.479 e. The number of carbonyl (C=O) groups is 3. The fourth-order valence-electron chi connectivity index (χ4n) is 2.98. The molecule has 3 heterocycles. The number of carboxylic acid groups (broad SMARTS) is 1. The van der Waals surface area contributed by atoms with Gasteiger partial charge in [0.05, 0.1) is 6.54 Å². The van der Waals surface area contributed by atoms with E-state index in [4.69, 9.17) is 0 Å². The lowest BCUT2D eigenvalue weighted by Crippen LogP contribution is -2.47. The van der Waals surface area contributed by atoms with Crippen LogP contribution in [0.15, 0.2) is 11.4 Å². The van der Waals surface area contributed by atoms with Crippen molar-refractivity contribution in [3.8, 4) is 0 Å². The highest BCUT2D eigenvalue weighted by molar-refractivity contribution is 7.10. The average Bonchev–Trinajstić information content (AvgIpc) is 3.06. The van der Waals surface area contributed by atoms with E-state index in [2.05, 4.69) is 0 Å². The van der Waals surface area contributed by atoms with Crippen molar-refractivity contribution in [3.63, 3.8) is 0 Å². The van der Waals surface area contributed by atoms with Crippen molar-refractivity contribution in [2.75, 3.05) is 19.6 Å². The van der Waals surface area contributed by atoms with Crippen molar-refractivity contribution in [2.24, 2.45) is 0 Å². The zero-order valence-electron chi connectivity index (χ0n) is 11.4. The van der Waals surface area contributed by atoms with Crippen LogP contribution < -0.4 is 0 Å². The zero-order valence-corrected chi connectivity index (χ0v) is 12.3. The molecule has 2 amide bonds. The Bertz CT molecular complexity index is 598. The maximum Gasteiger partial charge on any atom is 0.331 e. The lowest BCUT2D eigenvalue weighted by molar-refractivity contribution is -0.152. The number of thiophene rings is 1. The third-order valence-corrected chi connectivity index (χ3v) is 5.01. The number of hydrogen-bond donors (Lipinski definition) is 1. The molecule has 1 aromatic heterocycles. The second kappa shape index (κ2) is 5.48. The molecule has 3 rings (SSSR count). The van der Waals surface area contributed by atoms with E-state index >= 15 is 0 Å². The number of carbonyl (C=O) groups excluding carboxylic acids is 2. The van der Waals surface area contributed by atoms with E-state index in [0.717, 1.165) is 11.3 Å². The molecule has 0 radical (unpaired) electrons. The molecule has 0 saturated carbocycles. The van der Waals surface area contributed by atoms with Gasteiger partial charge in [-0.15, -0.1) is 11.3 Å². The fourth-order valence-corrected chi connectivity index (χ4v) is 3.88. The molecule has 1 atom stereocenters. The van der Waals surface area contributed by atoms with Crippen LogP contribution in [0.3, 0.4) is 0 Å². The molecule has 2 aliphatic heterocycles. The maximum atomic E-state index is 12.4. The third kappa shape index (κ3) is 2.53. The van der Waals surface area contributed by atoms with Crippen molar-refractivity contribution in [1.29, 1.82) is 0 Å². The number of rotatable bonds is 3. The van der Waals surface area contributed by atoms with Crippen LogP contribution in [0.4, 0.5) is 0 Å². The molecule has 2 aliphatic rings. The maximum absolute atomic E-state index is 12.4. The summed E-state index contributed by atoms with van der Waals surface area (Å²) in [5.41, 5.74) is 0.708. The van der Waals surface area contributed by atoms with Crippen LogP contribution in [0.5, 0.6) is 0 Å². The van der Waals surface area contributed by atoms with Gasteiger partial charge in [-0.1, -0.05) is 0 Å². The summed E-state index contributed by atoms with van der Waals surface area (Å²) in [4.78, 5) is 39.5. The van der Waals surface area contributed by atoms with Crippen molar-refractivity contribution < 1.29 is 19.5 Å². The summed E-state index contributed by atoms with van der Waals surface area (Å²) < 4.78 is 0. The Morgan fingerprint density at radius 3 is 2.81 bits per heavy atom. The Morgan fingerprint density at radius 2 is 2.14 bits per heavy atom. The normalized spacial score (nSPS) is 21.5. The predicted octanol–water partition coefficient (Wildman–Crippen LogP) is 0.881. The van der Waals surface area contributed by atoms with E-state index in [0.29, 0.717) is 31.5 Å². The van der Waals surface area contributed by atoms with Gasteiger partial charge in [0, 0.05) is 24.4 Å². The number of amides is 2. The van der Waals surface area contributed by atoms with E-state index in [-0.39, 0.29) is 18.4 Å². The Labute approximate surface area is 126 Å². The molecule has 21 heavy (non-hydrogen) atoms. The minimum atomic E-state index is -1.02. The molecule has 0 bridgehead atoms. The summed E-state index contributed by atoms with van der Waals surface area (Å²) in [5.74, 6) is -1.33. The van der Waals surface area contributed by atoms with Crippen molar-refractivity contribution in [3.05, 3.63) is 21.9 Å². The lowest BCUT2D eigenvalue weighted by Gasteiger charge is -2.34. The molecule has 112 valence electrons. The Hall–Kier alpha value is -1.89. The Balaban J connectivity index is 1.79. The summed E-state index contributed by atoms with van der Waals surface area (Å²) in [5, 5.41) is 11.3. The Morgan fingerprint density at radius 1 is 1.33 bits per heavy atom. The minimum absolute atomic E-state index is 0.0118. The first-order chi connectivity index (χ1) is 10.1. The SMILES string of the molecule is O=C(O)C1c2ccsc2CCN1C(=O)CN1CCCC1=O. The summed E-state index contributed by atoms with van der Waals surface area (Å²) in [6.45, 7) is 0.966. The average molecular weight is 308 g/mol. The van der Waals surface area contributed by atoms with Crippen LogP contribution in [0.25, 0.3) is 0 Å². The van der Waals surface area contributed by atoms with Gasteiger partial charge < -0.3 is 14.9 Å².